The van der Waals surface area contributed by atoms with Crippen LogP contribution in [0.3, 0.4) is 0 Å². The van der Waals surface area contributed by atoms with Gasteiger partial charge in [0, 0.05) is 38.9 Å². The zero-order chi connectivity index (χ0) is 24.0. The summed E-state index contributed by atoms with van der Waals surface area (Å²) in [6.07, 6.45) is 1.25. The van der Waals surface area contributed by atoms with Crippen molar-refractivity contribution in [2.24, 2.45) is 0 Å². The molecule has 8 nitrogen and oxygen atoms in total. The van der Waals surface area contributed by atoms with Gasteiger partial charge < -0.3 is 35.3 Å². The fraction of sp³-hybridized carbons (Fsp3) is 0.435. The van der Waals surface area contributed by atoms with Gasteiger partial charge in [0.2, 0.25) is 0 Å². The minimum Gasteiger partial charge on any atom is -0.505 e. The Bertz CT molecular complexity index is 977. The molecule has 0 unspecified atom stereocenters. The highest BCUT2D eigenvalue weighted by molar-refractivity contribution is 6.33. The van der Waals surface area contributed by atoms with Crippen LogP contribution in [0.15, 0.2) is 30.3 Å². The number of nitrogen functional groups attached to an aromatic ring is 1. The van der Waals surface area contributed by atoms with E-state index in [-0.39, 0.29) is 23.1 Å². The van der Waals surface area contributed by atoms with Crippen LogP contribution in [0.5, 0.6) is 17.2 Å². The maximum absolute atomic E-state index is 13.4. The molecule has 4 N–H and O–H groups in total. The number of halogens is 2. The lowest BCUT2D eigenvalue weighted by molar-refractivity contribution is 0.00527. The number of phenols is 1. The average Bonchev–Trinajstić information content (AvgIpc) is 2.81. The van der Waals surface area contributed by atoms with Crippen LogP contribution in [0.1, 0.15) is 23.2 Å². The normalized spacial score (nSPS) is 18.7. The number of piperidine rings is 1. The zero-order valence-electron chi connectivity index (χ0n) is 18.6. The summed E-state index contributed by atoms with van der Waals surface area (Å²) in [6.45, 7) is 2.60. The Balaban J connectivity index is 1.49. The molecule has 0 radical (unpaired) electrons. The Labute approximate surface area is 197 Å². The second-order valence-electron chi connectivity index (χ2n) is 7.83. The Morgan fingerprint density at radius 1 is 1.33 bits per heavy atom. The molecule has 1 fully saturated rings. The van der Waals surface area contributed by atoms with E-state index in [1.165, 1.54) is 31.4 Å². The van der Waals surface area contributed by atoms with Crippen molar-refractivity contribution in [2.45, 2.75) is 25.0 Å². The lowest BCUT2D eigenvalue weighted by atomic mass is 10.0. The smallest absolute Gasteiger partial charge is 0.255 e. The predicted octanol–water partition coefficient (Wildman–Crippen LogP) is 3.06. The Morgan fingerprint density at radius 2 is 2.12 bits per heavy atom. The summed E-state index contributed by atoms with van der Waals surface area (Å²) >= 11 is 6.09. The first kappa shape index (κ1) is 24.9. The van der Waals surface area contributed by atoms with Crippen LogP contribution in [0, 0.1) is 5.82 Å². The van der Waals surface area contributed by atoms with E-state index in [1.54, 1.807) is 7.11 Å². The van der Waals surface area contributed by atoms with E-state index < -0.39 is 11.6 Å². The summed E-state index contributed by atoms with van der Waals surface area (Å²) < 4.78 is 29.8. The summed E-state index contributed by atoms with van der Waals surface area (Å²) in [6, 6.07) is 6.81. The first-order valence-corrected chi connectivity index (χ1v) is 11.0. The van der Waals surface area contributed by atoms with Crippen LogP contribution in [-0.2, 0) is 4.74 Å². The maximum Gasteiger partial charge on any atom is 0.255 e. The first-order valence-electron chi connectivity index (χ1n) is 10.6. The topological polar surface area (TPSA) is 106 Å². The number of amides is 1. The van der Waals surface area contributed by atoms with Gasteiger partial charge in [0.15, 0.2) is 11.6 Å². The summed E-state index contributed by atoms with van der Waals surface area (Å²) in [5.41, 5.74) is 6.46. The number of ether oxygens (including phenoxy) is 3. The predicted molar refractivity (Wildman–Crippen MR) is 124 cm³/mol. The third kappa shape index (κ3) is 6.40. The van der Waals surface area contributed by atoms with Crippen LogP contribution < -0.4 is 20.5 Å². The molecule has 3 rings (SSSR count). The highest BCUT2D eigenvalue weighted by Gasteiger charge is 2.31. The van der Waals surface area contributed by atoms with Gasteiger partial charge in [-0.05, 0) is 31.0 Å². The monoisotopic (exact) mass is 481 g/mol. The number of methoxy groups -OCH3 is 2. The second-order valence-corrected chi connectivity index (χ2v) is 8.24. The van der Waals surface area contributed by atoms with Crippen molar-refractivity contribution < 1.29 is 28.5 Å². The van der Waals surface area contributed by atoms with Gasteiger partial charge in [-0.3, -0.25) is 4.79 Å². The standard InChI is InChI=1S/C23H29ClFN3O5/c1-31-21-12-18(26)16(24)11-15(21)23(30)27-19-6-8-28(13-22(19)32-2)7-3-9-33-14-4-5-20(29)17(25)10-14/h4-5,10-12,19,22,29H,3,6-9,13,26H2,1-2H3,(H,27,30)/t19-,22+/m1/s1. The van der Waals surface area contributed by atoms with Crippen molar-refractivity contribution in [3.63, 3.8) is 0 Å². The average molecular weight is 482 g/mol. The van der Waals surface area contributed by atoms with Gasteiger partial charge in [0.1, 0.15) is 11.5 Å². The molecule has 1 aliphatic rings. The van der Waals surface area contributed by atoms with E-state index in [1.807, 2.05) is 0 Å². The first-order chi connectivity index (χ1) is 15.8. The fourth-order valence-electron chi connectivity index (χ4n) is 3.80. The number of anilines is 1. The number of carbonyl (C=O) groups is 1. The molecule has 0 spiro atoms. The number of phenolic OH excluding ortho intramolecular Hbond substituents is 1. The maximum atomic E-state index is 13.4. The van der Waals surface area contributed by atoms with Crippen molar-refractivity contribution in [1.29, 1.82) is 0 Å². The number of benzene rings is 2. The van der Waals surface area contributed by atoms with E-state index in [0.29, 0.717) is 42.3 Å². The van der Waals surface area contributed by atoms with Crippen LogP contribution >= 0.6 is 11.6 Å². The van der Waals surface area contributed by atoms with E-state index in [0.717, 1.165) is 25.6 Å². The third-order valence-corrected chi connectivity index (χ3v) is 5.96. The summed E-state index contributed by atoms with van der Waals surface area (Å²) in [7, 11) is 3.09. The Morgan fingerprint density at radius 3 is 2.82 bits per heavy atom. The number of hydrogen-bond donors (Lipinski definition) is 3. The summed E-state index contributed by atoms with van der Waals surface area (Å²) in [4.78, 5) is 15.1. The van der Waals surface area contributed by atoms with Gasteiger partial charge in [0.05, 0.1) is 42.1 Å². The molecule has 1 amide bonds. The van der Waals surface area contributed by atoms with Gasteiger partial charge in [-0.15, -0.1) is 0 Å². The molecule has 1 saturated heterocycles. The quantitative estimate of drug-likeness (QED) is 0.373. The molecule has 33 heavy (non-hydrogen) atoms. The fourth-order valence-corrected chi connectivity index (χ4v) is 3.97. The molecule has 1 aliphatic heterocycles. The molecule has 0 saturated carbocycles. The molecule has 2 aromatic carbocycles. The number of hydrogen-bond acceptors (Lipinski definition) is 7. The van der Waals surface area contributed by atoms with E-state index in [2.05, 4.69) is 10.2 Å². The number of carbonyl (C=O) groups excluding carboxylic acids is 1. The minimum absolute atomic E-state index is 0.170. The Kier molecular flexibility index (Phi) is 8.60. The van der Waals surface area contributed by atoms with E-state index in [9.17, 15) is 14.3 Å². The molecule has 0 bridgehead atoms. The molecular formula is C23H29ClFN3O5. The van der Waals surface area contributed by atoms with Crippen LogP contribution in [0.4, 0.5) is 10.1 Å². The summed E-state index contributed by atoms with van der Waals surface area (Å²) in [5, 5.41) is 12.5. The van der Waals surface area contributed by atoms with Gasteiger partial charge >= 0.3 is 0 Å². The number of nitrogens with two attached hydrogens (primary N) is 1. The van der Waals surface area contributed by atoms with Gasteiger partial charge in [0.25, 0.3) is 5.91 Å². The van der Waals surface area contributed by atoms with E-state index in [4.69, 9.17) is 31.5 Å². The van der Waals surface area contributed by atoms with Gasteiger partial charge in [-0.25, -0.2) is 4.39 Å². The Hall–Kier alpha value is -2.75. The second kappa shape index (κ2) is 11.4. The van der Waals surface area contributed by atoms with Crippen molar-refractivity contribution in [3.05, 3.63) is 46.7 Å². The molecule has 1 heterocycles. The van der Waals surface area contributed by atoms with Gasteiger partial charge in [-0.2, -0.15) is 0 Å². The highest BCUT2D eigenvalue weighted by atomic mass is 35.5. The SMILES string of the molecule is COc1cc(N)c(Cl)cc1C(=O)N[C@@H]1CCN(CCCOc2ccc(O)c(F)c2)C[C@@H]1OC. The molecule has 2 aromatic rings. The molecular weight excluding hydrogens is 453 g/mol. The van der Waals surface area contributed by atoms with E-state index >= 15 is 0 Å². The molecule has 2 atom stereocenters. The largest absolute Gasteiger partial charge is 0.505 e. The molecule has 0 aromatic heterocycles. The van der Waals surface area contributed by atoms with Crippen molar-refractivity contribution in [1.82, 2.24) is 10.2 Å². The summed E-state index contributed by atoms with van der Waals surface area (Å²) in [5.74, 6) is -0.683. The zero-order valence-corrected chi connectivity index (χ0v) is 19.4. The van der Waals surface area contributed by atoms with Crippen LogP contribution in [0.2, 0.25) is 5.02 Å². The minimum atomic E-state index is -0.710. The van der Waals surface area contributed by atoms with Crippen LogP contribution in [0.25, 0.3) is 0 Å². The van der Waals surface area contributed by atoms with Crippen molar-refractivity contribution in [2.75, 3.05) is 46.2 Å². The van der Waals surface area contributed by atoms with Gasteiger partial charge in [-0.1, -0.05) is 11.6 Å². The number of aromatic hydroxyl groups is 1. The number of nitrogens with zero attached hydrogens (tertiary/aromatic N) is 1. The van der Waals surface area contributed by atoms with Crippen LogP contribution in [-0.4, -0.2) is 68.5 Å². The molecule has 10 heteroatoms. The molecule has 0 aliphatic carbocycles. The number of likely N-dealkylation sites (tertiary alicyclic amines) is 1. The number of rotatable bonds is 9. The van der Waals surface area contributed by atoms with Crippen molar-refractivity contribution >= 4 is 23.2 Å². The molecule has 180 valence electrons. The third-order valence-electron chi connectivity index (χ3n) is 5.63. The number of nitrogens with one attached hydrogen (secondary N) is 1. The lowest BCUT2D eigenvalue weighted by Crippen LogP contribution is -2.55. The lowest BCUT2D eigenvalue weighted by Gasteiger charge is -2.38. The highest BCUT2D eigenvalue weighted by Crippen LogP contribution is 2.29. The van der Waals surface area contributed by atoms with Crippen molar-refractivity contribution in [3.8, 4) is 17.2 Å².